The van der Waals surface area contributed by atoms with Gasteiger partial charge in [-0.3, -0.25) is 0 Å². The summed E-state index contributed by atoms with van der Waals surface area (Å²) in [5, 5.41) is 4.11. The predicted octanol–water partition coefficient (Wildman–Crippen LogP) is 4.36. The molecule has 2 rings (SSSR count). The summed E-state index contributed by atoms with van der Waals surface area (Å²) in [5.41, 5.74) is 3.51. The Morgan fingerprint density at radius 1 is 1.15 bits per heavy atom. The SMILES string of the molecule is CCOc1ccccc1C(NC)c1cc(Cl)ccc1C. The van der Waals surface area contributed by atoms with Crippen molar-refractivity contribution in [2.75, 3.05) is 13.7 Å². The van der Waals surface area contributed by atoms with Crippen LogP contribution >= 0.6 is 11.6 Å². The molecule has 0 spiro atoms. The molecule has 0 saturated carbocycles. The maximum Gasteiger partial charge on any atom is 0.124 e. The molecule has 0 aliphatic heterocycles. The molecule has 1 N–H and O–H groups in total. The summed E-state index contributed by atoms with van der Waals surface area (Å²) in [4.78, 5) is 0. The number of para-hydroxylation sites is 1. The monoisotopic (exact) mass is 289 g/mol. The number of ether oxygens (including phenoxy) is 1. The lowest BCUT2D eigenvalue weighted by atomic mass is 9.94. The van der Waals surface area contributed by atoms with E-state index in [9.17, 15) is 0 Å². The smallest absolute Gasteiger partial charge is 0.124 e. The summed E-state index contributed by atoms with van der Waals surface area (Å²) in [6.45, 7) is 4.75. The summed E-state index contributed by atoms with van der Waals surface area (Å²) < 4.78 is 5.74. The molecule has 2 aromatic rings. The van der Waals surface area contributed by atoms with Crippen LogP contribution in [-0.2, 0) is 0 Å². The van der Waals surface area contributed by atoms with Crippen molar-refractivity contribution < 1.29 is 4.74 Å². The highest BCUT2D eigenvalue weighted by Crippen LogP contribution is 2.32. The van der Waals surface area contributed by atoms with Crippen molar-refractivity contribution >= 4 is 11.6 Å². The van der Waals surface area contributed by atoms with E-state index in [0.29, 0.717) is 6.61 Å². The Balaban J connectivity index is 2.49. The van der Waals surface area contributed by atoms with Gasteiger partial charge in [-0.25, -0.2) is 0 Å². The van der Waals surface area contributed by atoms with Crippen LogP contribution in [-0.4, -0.2) is 13.7 Å². The molecular weight excluding hydrogens is 270 g/mol. The molecule has 3 heteroatoms. The highest BCUT2D eigenvalue weighted by atomic mass is 35.5. The molecule has 0 fully saturated rings. The highest BCUT2D eigenvalue weighted by Gasteiger charge is 2.18. The molecule has 2 aromatic carbocycles. The van der Waals surface area contributed by atoms with E-state index >= 15 is 0 Å². The average Bonchev–Trinajstić information content (AvgIpc) is 2.45. The first-order chi connectivity index (χ1) is 9.67. The average molecular weight is 290 g/mol. The molecule has 1 atom stereocenters. The van der Waals surface area contributed by atoms with Crippen LogP contribution in [0.2, 0.25) is 5.02 Å². The van der Waals surface area contributed by atoms with Crippen LogP contribution in [0.1, 0.15) is 29.7 Å². The summed E-state index contributed by atoms with van der Waals surface area (Å²) in [6, 6.07) is 14.2. The van der Waals surface area contributed by atoms with E-state index in [0.717, 1.165) is 16.3 Å². The second-order valence-electron chi connectivity index (χ2n) is 4.69. The molecule has 0 amide bonds. The van der Waals surface area contributed by atoms with Gasteiger partial charge in [-0.1, -0.05) is 35.9 Å². The first-order valence-electron chi connectivity index (χ1n) is 6.82. The normalized spacial score (nSPS) is 12.2. The highest BCUT2D eigenvalue weighted by molar-refractivity contribution is 6.30. The number of hydrogen-bond acceptors (Lipinski definition) is 2. The Kier molecular flexibility index (Phi) is 5.05. The lowest BCUT2D eigenvalue weighted by Crippen LogP contribution is -2.19. The summed E-state index contributed by atoms with van der Waals surface area (Å²) in [5.74, 6) is 0.911. The number of rotatable bonds is 5. The molecule has 0 aromatic heterocycles. The number of nitrogens with one attached hydrogen (secondary N) is 1. The first kappa shape index (κ1) is 14.9. The number of benzene rings is 2. The van der Waals surface area contributed by atoms with Crippen LogP contribution in [0.4, 0.5) is 0 Å². The van der Waals surface area contributed by atoms with Gasteiger partial charge in [0.1, 0.15) is 5.75 Å². The van der Waals surface area contributed by atoms with Crippen LogP contribution in [0.5, 0.6) is 5.75 Å². The number of halogens is 1. The molecule has 20 heavy (non-hydrogen) atoms. The van der Waals surface area contributed by atoms with E-state index in [1.165, 1.54) is 11.1 Å². The van der Waals surface area contributed by atoms with Gasteiger partial charge in [0, 0.05) is 10.6 Å². The Morgan fingerprint density at radius 2 is 1.90 bits per heavy atom. The molecule has 106 valence electrons. The largest absolute Gasteiger partial charge is 0.494 e. The minimum atomic E-state index is 0.0662. The van der Waals surface area contributed by atoms with E-state index in [1.54, 1.807) is 0 Å². The Labute approximate surface area is 125 Å². The van der Waals surface area contributed by atoms with Crippen molar-refractivity contribution in [2.45, 2.75) is 19.9 Å². The van der Waals surface area contributed by atoms with Crippen LogP contribution < -0.4 is 10.1 Å². The minimum Gasteiger partial charge on any atom is -0.494 e. The Morgan fingerprint density at radius 3 is 2.60 bits per heavy atom. The van der Waals surface area contributed by atoms with Gasteiger partial charge in [-0.05, 0) is 50.2 Å². The van der Waals surface area contributed by atoms with Gasteiger partial charge in [0.05, 0.1) is 12.6 Å². The molecule has 0 saturated heterocycles. The van der Waals surface area contributed by atoms with E-state index in [-0.39, 0.29) is 6.04 Å². The van der Waals surface area contributed by atoms with Crippen molar-refractivity contribution in [3.8, 4) is 5.75 Å². The lowest BCUT2D eigenvalue weighted by molar-refractivity contribution is 0.334. The predicted molar refractivity (Wildman–Crippen MR) is 84.7 cm³/mol. The van der Waals surface area contributed by atoms with E-state index in [1.807, 2.05) is 50.4 Å². The summed E-state index contributed by atoms with van der Waals surface area (Å²) >= 11 is 6.15. The summed E-state index contributed by atoms with van der Waals surface area (Å²) in [6.07, 6.45) is 0. The second-order valence-corrected chi connectivity index (χ2v) is 5.13. The van der Waals surface area contributed by atoms with Crippen molar-refractivity contribution in [2.24, 2.45) is 0 Å². The Hall–Kier alpha value is -1.51. The molecule has 0 aliphatic carbocycles. The molecule has 0 aliphatic rings. The zero-order valence-corrected chi connectivity index (χ0v) is 12.9. The minimum absolute atomic E-state index is 0.0662. The molecule has 1 unspecified atom stereocenters. The van der Waals surface area contributed by atoms with Crippen molar-refractivity contribution in [1.82, 2.24) is 5.32 Å². The van der Waals surface area contributed by atoms with Gasteiger partial charge >= 0.3 is 0 Å². The van der Waals surface area contributed by atoms with Crippen molar-refractivity contribution in [1.29, 1.82) is 0 Å². The third-order valence-corrected chi connectivity index (χ3v) is 3.61. The van der Waals surface area contributed by atoms with Crippen molar-refractivity contribution in [3.63, 3.8) is 0 Å². The third kappa shape index (κ3) is 3.14. The second kappa shape index (κ2) is 6.78. The van der Waals surface area contributed by atoms with E-state index < -0.39 is 0 Å². The van der Waals surface area contributed by atoms with E-state index in [2.05, 4.69) is 18.3 Å². The maximum absolute atomic E-state index is 6.15. The lowest BCUT2D eigenvalue weighted by Gasteiger charge is -2.22. The third-order valence-electron chi connectivity index (χ3n) is 3.37. The molecule has 2 nitrogen and oxygen atoms in total. The van der Waals surface area contributed by atoms with Crippen LogP contribution in [0, 0.1) is 6.92 Å². The molecule has 0 radical (unpaired) electrons. The quantitative estimate of drug-likeness (QED) is 0.883. The zero-order chi connectivity index (χ0) is 14.5. The van der Waals surface area contributed by atoms with E-state index in [4.69, 9.17) is 16.3 Å². The fourth-order valence-electron chi connectivity index (χ4n) is 2.41. The zero-order valence-electron chi connectivity index (χ0n) is 12.1. The molecule has 0 heterocycles. The van der Waals surface area contributed by atoms with Gasteiger partial charge < -0.3 is 10.1 Å². The van der Waals surface area contributed by atoms with Crippen LogP contribution in [0.25, 0.3) is 0 Å². The van der Waals surface area contributed by atoms with Gasteiger partial charge in [0.25, 0.3) is 0 Å². The standard InChI is InChI=1S/C17H20ClNO/c1-4-20-16-8-6-5-7-14(16)17(19-3)15-11-13(18)10-9-12(15)2/h5-11,17,19H,4H2,1-3H3. The van der Waals surface area contributed by atoms with Crippen molar-refractivity contribution in [3.05, 3.63) is 64.2 Å². The van der Waals surface area contributed by atoms with Gasteiger partial charge in [-0.2, -0.15) is 0 Å². The van der Waals surface area contributed by atoms with Crippen LogP contribution in [0.3, 0.4) is 0 Å². The topological polar surface area (TPSA) is 21.3 Å². The molecular formula is C17H20ClNO. The maximum atomic E-state index is 6.15. The molecule has 0 bridgehead atoms. The Bertz CT molecular complexity index is 583. The number of hydrogen-bond donors (Lipinski definition) is 1. The van der Waals surface area contributed by atoms with Gasteiger partial charge in [0.15, 0.2) is 0 Å². The fraction of sp³-hybridized carbons (Fsp3) is 0.294. The first-order valence-corrected chi connectivity index (χ1v) is 7.20. The van der Waals surface area contributed by atoms with Crippen LogP contribution in [0.15, 0.2) is 42.5 Å². The fourth-order valence-corrected chi connectivity index (χ4v) is 2.59. The van der Waals surface area contributed by atoms with Gasteiger partial charge in [0.2, 0.25) is 0 Å². The number of aryl methyl sites for hydroxylation is 1. The van der Waals surface area contributed by atoms with Gasteiger partial charge in [-0.15, -0.1) is 0 Å². The summed E-state index contributed by atoms with van der Waals surface area (Å²) in [7, 11) is 1.95.